The molecule has 1 aliphatic rings. The van der Waals surface area contributed by atoms with E-state index >= 15 is 0 Å². The third kappa shape index (κ3) is 11.3. The van der Waals surface area contributed by atoms with Gasteiger partial charge in [-0.3, -0.25) is 14.4 Å². The molecule has 0 bridgehead atoms. The predicted molar refractivity (Wildman–Crippen MR) is 179 cm³/mol. The molecule has 10 nitrogen and oxygen atoms in total. The van der Waals surface area contributed by atoms with Crippen LogP contribution in [0.5, 0.6) is 5.75 Å². The molecule has 0 saturated heterocycles. The van der Waals surface area contributed by atoms with Crippen molar-refractivity contribution in [3.8, 4) is 5.75 Å². The zero-order valence-electron chi connectivity index (χ0n) is 27.3. The van der Waals surface area contributed by atoms with E-state index in [4.69, 9.17) is 37.4 Å². The minimum Gasteiger partial charge on any atom is -0.495 e. The highest BCUT2D eigenvalue weighted by molar-refractivity contribution is 6.32. The molecule has 3 rings (SSSR count). The number of esters is 2. The molecule has 7 atom stereocenters. The van der Waals surface area contributed by atoms with Gasteiger partial charge in [-0.05, 0) is 41.7 Å². The first-order valence-electron chi connectivity index (χ1n) is 15.7. The molecule has 2 aromatic rings. The summed E-state index contributed by atoms with van der Waals surface area (Å²) in [5.41, 5.74) is 1.36. The third-order valence-electron chi connectivity index (χ3n) is 7.93. The Morgan fingerprint density at radius 1 is 1.02 bits per heavy atom. The Hall–Kier alpha value is -3.60. The Morgan fingerprint density at radius 2 is 1.72 bits per heavy atom. The summed E-state index contributed by atoms with van der Waals surface area (Å²) in [5.74, 6) is -3.64. The highest BCUT2D eigenvalue weighted by Gasteiger charge is 2.36. The van der Waals surface area contributed by atoms with Crippen molar-refractivity contribution in [2.24, 2.45) is 17.8 Å². The van der Waals surface area contributed by atoms with Crippen molar-refractivity contribution in [1.29, 1.82) is 0 Å². The first-order chi connectivity index (χ1) is 22.3. The van der Waals surface area contributed by atoms with E-state index in [9.17, 15) is 24.3 Å². The molecular formula is C35H44Cl2N2O8. The first-order valence-corrected chi connectivity index (χ1v) is 16.5. The standard InChI is InChI=1S/C35H44Cl2N2O8/c1-20(2)16-29-35(44)46-27(22(4)32(41)31(37)24-10-7-6-8-11-24)12-9-13-30(40)39-26(33(42)38-19-21(3)34(43)47-29)18-23-14-15-28(45-5)25(36)17-23/h6-11,13-15,17,20-22,26-27,29,31-32,41H,12,16,18-19H2,1-5H3,(H,38,42)(H,39,40)/t21?,22-,26+,27-,29-,31-,32+/m0/s1. The number of halogens is 2. The molecule has 256 valence electrons. The van der Waals surface area contributed by atoms with E-state index in [1.165, 1.54) is 19.3 Å². The molecule has 47 heavy (non-hydrogen) atoms. The molecule has 0 spiro atoms. The van der Waals surface area contributed by atoms with Crippen LogP contribution in [0.4, 0.5) is 0 Å². The molecule has 1 heterocycles. The number of amides is 2. The minimum atomic E-state index is -1.22. The summed E-state index contributed by atoms with van der Waals surface area (Å²) in [6, 6.07) is 13.0. The summed E-state index contributed by atoms with van der Waals surface area (Å²) in [7, 11) is 1.49. The van der Waals surface area contributed by atoms with E-state index < -0.39 is 65.3 Å². The number of methoxy groups -OCH3 is 1. The molecular weight excluding hydrogens is 647 g/mol. The summed E-state index contributed by atoms with van der Waals surface area (Å²) in [6.07, 6.45) is -0.230. The number of hydrogen-bond donors (Lipinski definition) is 3. The van der Waals surface area contributed by atoms with Gasteiger partial charge in [0.2, 0.25) is 11.8 Å². The van der Waals surface area contributed by atoms with E-state index in [0.717, 1.165) is 0 Å². The monoisotopic (exact) mass is 690 g/mol. The number of carbonyl (C=O) groups excluding carboxylic acids is 4. The highest BCUT2D eigenvalue weighted by Crippen LogP contribution is 2.32. The fourth-order valence-electron chi connectivity index (χ4n) is 5.06. The maximum absolute atomic E-state index is 13.5. The van der Waals surface area contributed by atoms with Gasteiger partial charge in [0.15, 0.2) is 6.10 Å². The van der Waals surface area contributed by atoms with E-state index in [1.54, 1.807) is 56.3 Å². The number of aliphatic hydroxyl groups is 1. The molecule has 2 amide bonds. The quantitative estimate of drug-likeness (QED) is 0.249. The van der Waals surface area contributed by atoms with Crippen LogP contribution >= 0.6 is 23.2 Å². The van der Waals surface area contributed by atoms with E-state index in [2.05, 4.69) is 10.6 Å². The van der Waals surface area contributed by atoms with Crippen LogP contribution in [0.25, 0.3) is 0 Å². The zero-order valence-corrected chi connectivity index (χ0v) is 28.8. The predicted octanol–water partition coefficient (Wildman–Crippen LogP) is 4.93. The Morgan fingerprint density at radius 3 is 2.36 bits per heavy atom. The highest BCUT2D eigenvalue weighted by atomic mass is 35.5. The minimum absolute atomic E-state index is 0.0245. The molecule has 0 radical (unpaired) electrons. The van der Waals surface area contributed by atoms with Crippen molar-refractivity contribution in [1.82, 2.24) is 10.6 Å². The second kappa shape index (κ2) is 18.1. The van der Waals surface area contributed by atoms with E-state index in [0.29, 0.717) is 21.9 Å². The van der Waals surface area contributed by atoms with E-state index in [-0.39, 0.29) is 31.7 Å². The molecule has 0 saturated carbocycles. The normalized spacial score (nSPS) is 23.6. The van der Waals surface area contributed by atoms with Crippen LogP contribution in [0, 0.1) is 17.8 Å². The van der Waals surface area contributed by atoms with E-state index in [1.807, 2.05) is 19.9 Å². The second-order valence-electron chi connectivity index (χ2n) is 12.2. The number of aliphatic hydroxyl groups excluding tert-OH is 1. The number of hydrogen-bond acceptors (Lipinski definition) is 8. The molecule has 0 aliphatic carbocycles. The fraction of sp³-hybridized carbons (Fsp3) is 0.486. The van der Waals surface area contributed by atoms with Crippen LogP contribution in [0.3, 0.4) is 0 Å². The van der Waals surface area contributed by atoms with Crippen molar-refractivity contribution in [2.75, 3.05) is 13.7 Å². The Kier molecular flexibility index (Phi) is 14.6. The fourth-order valence-corrected chi connectivity index (χ4v) is 5.72. The molecule has 0 fully saturated rings. The lowest BCUT2D eigenvalue weighted by Gasteiger charge is -2.31. The molecule has 2 aromatic carbocycles. The molecule has 3 N–H and O–H groups in total. The van der Waals surface area contributed by atoms with Gasteiger partial charge in [0.05, 0.1) is 29.5 Å². The number of alkyl halides is 1. The number of ether oxygens (including phenoxy) is 3. The third-order valence-corrected chi connectivity index (χ3v) is 8.73. The summed E-state index contributed by atoms with van der Waals surface area (Å²) < 4.78 is 16.7. The number of benzene rings is 2. The lowest BCUT2D eigenvalue weighted by molar-refractivity contribution is -0.177. The van der Waals surface area contributed by atoms with Gasteiger partial charge < -0.3 is 30.0 Å². The Labute approximate surface area is 286 Å². The van der Waals surface area contributed by atoms with Crippen LogP contribution in [-0.2, 0) is 35.1 Å². The van der Waals surface area contributed by atoms with Crippen LogP contribution < -0.4 is 15.4 Å². The summed E-state index contributed by atoms with van der Waals surface area (Å²) in [6.45, 7) is 6.91. The SMILES string of the molecule is COc1ccc(C[C@H]2NC(=O)C=CC[C@@H]([C@H](C)[C@@H](O)[C@@H](Cl)c3ccccc3)OC(=O)[C@H](CC(C)C)OC(=O)C(C)CNC2=O)cc1Cl. The van der Waals surface area contributed by atoms with Gasteiger partial charge >= 0.3 is 11.9 Å². The Bertz CT molecular complexity index is 1400. The molecule has 1 aliphatic heterocycles. The summed E-state index contributed by atoms with van der Waals surface area (Å²) >= 11 is 12.9. The molecule has 1 unspecified atom stereocenters. The van der Waals surface area contributed by atoms with Crippen molar-refractivity contribution in [2.45, 2.75) is 76.7 Å². The van der Waals surface area contributed by atoms with Crippen molar-refractivity contribution < 1.29 is 38.5 Å². The van der Waals surface area contributed by atoms with Gasteiger partial charge in [-0.15, -0.1) is 11.6 Å². The maximum atomic E-state index is 13.5. The molecule has 12 heteroatoms. The van der Waals surface area contributed by atoms with Crippen molar-refractivity contribution in [3.05, 3.63) is 76.8 Å². The summed E-state index contributed by atoms with van der Waals surface area (Å²) in [4.78, 5) is 52.9. The maximum Gasteiger partial charge on any atom is 0.347 e. The van der Waals surface area contributed by atoms with Crippen LogP contribution in [0.1, 0.15) is 57.0 Å². The Balaban J connectivity index is 1.92. The number of nitrogens with one attached hydrogen (secondary N) is 2. The van der Waals surface area contributed by atoms with Gasteiger partial charge in [-0.2, -0.15) is 0 Å². The number of carbonyl (C=O) groups is 4. The summed E-state index contributed by atoms with van der Waals surface area (Å²) in [5, 5.41) is 16.2. The smallest absolute Gasteiger partial charge is 0.347 e. The second-order valence-corrected chi connectivity index (χ2v) is 13.1. The average Bonchev–Trinajstić information content (AvgIpc) is 3.04. The average molecular weight is 692 g/mol. The number of rotatable bonds is 9. The number of cyclic esters (lactones) is 2. The topological polar surface area (TPSA) is 140 Å². The van der Waals surface area contributed by atoms with Gasteiger partial charge in [0.25, 0.3) is 0 Å². The van der Waals surface area contributed by atoms with Gasteiger partial charge in [0, 0.05) is 25.3 Å². The lowest BCUT2D eigenvalue weighted by Crippen LogP contribution is -2.49. The van der Waals surface area contributed by atoms with Crippen molar-refractivity contribution in [3.63, 3.8) is 0 Å². The largest absolute Gasteiger partial charge is 0.495 e. The van der Waals surface area contributed by atoms with Gasteiger partial charge in [-0.1, -0.05) is 81.8 Å². The van der Waals surface area contributed by atoms with Gasteiger partial charge in [0.1, 0.15) is 17.9 Å². The van der Waals surface area contributed by atoms with Crippen molar-refractivity contribution >= 4 is 47.0 Å². The molecule has 0 aromatic heterocycles. The van der Waals surface area contributed by atoms with Crippen LogP contribution in [-0.4, -0.2) is 66.9 Å². The first kappa shape index (κ1) is 37.9. The van der Waals surface area contributed by atoms with Crippen LogP contribution in [0.2, 0.25) is 5.02 Å². The van der Waals surface area contributed by atoms with Gasteiger partial charge in [-0.25, -0.2) is 4.79 Å². The van der Waals surface area contributed by atoms with Crippen LogP contribution in [0.15, 0.2) is 60.7 Å². The lowest BCUT2D eigenvalue weighted by atomic mass is 9.90. The zero-order chi connectivity index (χ0) is 34.7.